The van der Waals surface area contributed by atoms with Crippen LogP contribution in [0.1, 0.15) is 18.1 Å². The van der Waals surface area contributed by atoms with Crippen molar-refractivity contribution in [2.45, 2.75) is 19.5 Å². The molecule has 1 saturated heterocycles. The van der Waals surface area contributed by atoms with Gasteiger partial charge in [0.2, 0.25) is 0 Å². The van der Waals surface area contributed by atoms with E-state index >= 15 is 0 Å². The monoisotopic (exact) mass is 293 g/mol. The maximum atomic E-state index is 11.6. The van der Waals surface area contributed by atoms with Gasteiger partial charge in [0.15, 0.2) is 9.84 Å². The zero-order valence-electron chi connectivity index (χ0n) is 11.5. The molecule has 1 aromatic carbocycles. The molecule has 0 aliphatic carbocycles. The molecule has 2 rings (SSSR count). The molecule has 1 aromatic rings. The van der Waals surface area contributed by atoms with Crippen molar-refractivity contribution in [2.75, 3.05) is 24.7 Å². The van der Waals surface area contributed by atoms with Crippen molar-refractivity contribution in [3.63, 3.8) is 0 Å². The number of rotatable bonds is 2. The number of aliphatic hydroxyl groups excluding tert-OH is 1. The molecule has 4 nitrogen and oxygen atoms in total. The van der Waals surface area contributed by atoms with E-state index in [0.29, 0.717) is 13.1 Å². The molecule has 5 heteroatoms. The van der Waals surface area contributed by atoms with E-state index in [-0.39, 0.29) is 24.2 Å². The van der Waals surface area contributed by atoms with Crippen molar-refractivity contribution in [3.8, 4) is 11.8 Å². The zero-order chi connectivity index (χ0) is 14.6. The number of hydrogen-bond acceptors (Lipinski definition) is 4. The Morgan fingerprint density at radius 3 is 2.85 bits per heavy atom. The summed E-state index contributed by atoms with van der Waals surface area (Å²) in [6.45, 7) is 3.03. The second-order valence-electron chi connectivity index (χ2n) is 5.05. The molecule has 1 N–H and O–H groups in total. The van der Waals surface area contributed by atoms with Crippen LogP contribution in [0.2, 0.25) is 0 Å². The first-order valence-corrected chi connectivity index (χ1v) is 8.46. The molecule has 0 radical (unpaired) electrons. The summed E-state index contributed by atoms with van der Waals surface area (Å²) in [5, 5.41) is 8.79. The van der Waals surface area contributed by atoms with Crippen LogP contribution in [0, 0.1) is 11.8 Å². The largest absolute Gasteiger partial charge is 0.384 e. The molecule has 1 aliphatic rings. The van der Waals surface area contributed by atoms with E-state index in [0.717, 1.165) is 11.1 Å². The third kappa shape index (κ3) is 3.83. The first kappa shape index (κ1) is 15.0. The van der Waals surface area contributed by atoms with Crippen LogP contribution in [-0.2, 0) is 16.4 Å². The number of benzene rings is 1. The first-order chi connectivity index (χ1) is 9.52. The van der Waals surface area contributed by atoms with Crippen molar-refractivity contribution >= 4 is 9.84 Å². The van der Waals surface area contributed by atoms with Gasteiger partial charge in [-0.2, -0.15) is 0 Å². The molecule has 1 fully saturated rings. The highest BCUT2D eigenvalue weighted by molar-refractivity contribution is 7.91. The molecule has 108 valence electrons. The van der Waals surface area contributed by atoms with Crippen LogP contribution < -0.4 is 0 Å². The Balaban J connectivity index is 2.15. The fourth-order valence-corrected chi connectivity index (χ4v) is 4.03. The van der Waals surface area contributed by atoms with Crippen molar-refractivity contribution in [1.29, 1.82) is 0 Å². The van der Waals surface area contributed by atoms with Crippen molar-refractivity contribution in [2.24, 2.45) is 0 Å². The van der Waals surface area contributed by atoms with Crippen molar-refractivity contribution in [1.82, 2.24) is 4.90 Å². The molecular weight excluding hydrogens is 274 g/mol. The topological polar surface area (TPSA) is 57.6 Å². The molecule has 0 spiro atoms. The summed E-state index contributed by atoms with van der Waals surface area (Å²) in [6.07, 6.45) is 0. The molecule has 20 heavy (non-hydrogen) atoms. The summed E-state index contributed by atoms with van der Waals surface area (Å²) in [5.41, 5.74) is 1.96. The smallest absolute Gasteiger partial charge is 0.153 e. The van der Waals surface area contributed by atoms with Gasteiger partial charge < -0.3 is 5.11 Å². The van der Waals surface area contributed by atoms with Gasteiger partial charge in [0, 0.05) is 24.7 Å². The summed E-state index contributed by atoms with van der Waals surface area (Å²) in [4.78, 5) is 2.17. The van der Waals surface area contributed by atoms with Crippen LogP contribution in [0.25, 0.3) is 0 Å². The summed E-state index contributed by atoms with van der Waals surface area (Å²) in [5.74, 6) is 6.04. The lowest BCUT2D eigenvalue weighted by Gasteiger charge is -2.33. The Morgan fingerprint density at radius 1 is 1.40 bits per heavy atom. The number of aliphatic hydroxyl groups is 1. The third-order valence-corrected chi connectivity index (χ3v) is 5.30. The molecular formula is C15H19NO3S. The van der Waals surface area contributed by atoms with Crippen LogP contribution >= 0.6 is 0 Å². The highest BCUT2D eigenvalue weighted by Gasteiger charge is 2.28. The van der Waals surface area contributed by atoms with Crippen molar-refractivity contribution in [3.05, 3.63) is 35.4 Å². The van der Waals surface area contributed by atoms with E-state index in [1.165, 1.54) is 0 Å². The minimum Gasteiger partial charge on any atom is -0.384 e. The van der Waals surface area contributed by atoms with E-state index in [1.54, 1.807) is 0 Å². The predicted octanol–water partition coefficient (Wildman–Crippen LogP) is 0.649. The van der Waals surface area contributed by atoms with E-state index in [4.69, 9.17) is 5.11 Å². The van der Waals surface area contributed by atoms with Gasteiger partial charge in [0.1, 0.15) is 6.61 Å². The lowest BCUT2D eigenvalue weighted by Crippen LogP contribution is -2.46. The summed E-state index contributed by atoms with van der Waals surface area (Å²) in [7, 11) is -2.88. The van der Waals surface area contributed by atoms with Gasteiger partial charge in [0.25, 0.3) is 0 Å². The van der Waals surface area contributed by atoms with E-state index in [1.807, 2.05) is 31.2 Å². The van der Waals surface area contributed by atoms with E-state index < -0.39 is 9.84 Å². The van der Waals surface area contributed by atoms with E-state index in [9.17, 15) is 8.42 Å². The fraction of sp³-hybridized carbons (Fsp3) is 0.467. The number of sulfone groups is 1. The summed E-state index contributed by atoms with van der Waals surface area (Å²) in [6, 6.07) is 7.80. The highest BCUT2D eigenvalue weighted by Crippen LogP contribution is 2.17. The normalized spacial score (nSPS) is 22.0. The molecule has 0 bridgehead atoms. The highest BCUT2D eigenvalue weighted by atomic mass is 32.2. The second kappa shape index (κ2) is 6.40. The molecule has 1 atom stereocenters. The summed E-state index contributed by atoms with van der Waals surface area (Å²) >= 11 is 0. The standard InChI is InChI=1S/C15H19NO3S/c1-13-12-20(18,19)10-8-16(13)11-15-6-3-2-5-14(15)7-4-9-17/h2-3,5-6,13,17H,8-12H2,1H3. The fourth-order valence-electron chi connectivity index (χ4n) is 2.40. The first-order valence-electron chi connectivity index (χ1n) is 6.64. The van der Waals surface area contributed by atoms with Gasteiger partial charge in [-0.1, -0.05) is 30.0 Å². The lowest BCUT2D eigenvalue weighted by atomic mass is 10.1. The zero-order valence-corrected chi connectivity index (χ0v) is 12.4. The van der Waals surface area contributed by atoms with Gasteiger partial charge in [-0.15, -0.1) is 0 Å². The van der Waals surface area contributed by atoms with Crippen LogP contribution in [0.3, 0.4) is 0 Å². The Labute approximate surface area is 120 Å². The third-order valence-electron chi connectivity index (χ3n) is 3.50. The minimum absolute atomic E-state index is 0.0209. The maximum Gasteiger partial charge on any atom is 0.153 e. The van der Waals surface area contributed by atoms with E-state index in [2.05, 4.69) is 16.7 Å². The van der Waals surface area contributed by atoms with Gasteiger partial charge >= 0.3 is 0 Å². The van der Waals surface area contributed by atoms with Gasteiger partial charge in [-0.05, 0) is 18.6 Å². The van der Waals surface area contributed by atoms with Crippen LogP contribution in [0.15, 0.2) is 24.3 Å². The minimum atomic E-state index is -2.88. The number of nitrogens with zero attached hydrogens (tertiary/aromatic N) is 1. The van der Waals surface area contributed by atoms with Crippen LogP contribution in [-0.4, -0.2) is 49.1 Å². The number of hydrogen-bond donors (Lipinski definition) is 1. The predicted molar refractivity (Wildman–Crippen MR) is 78.9 cm³/mol. The Kier molecular flexibility index (Phi) is 4.81. The Bertz CT molecular complexity index is 628. The molecule has 0 amide bonds. The molecule has 1 unspecified atom stereocenters. The molecule has 1 heterocycles. The molecule has 1 aliphatic heterocycles. The van der Waals surface area contributed by atoms with Crippen LogP contribution in [0.5, 0.6) is 0 Å². The SMILES string of the molecule is CC1CS(=O)(=O)CCN1Cc1ccccc1C#CCO. The second-order valence-corrected chi connectivity index (χ2v) is 7.28. The van der Waals surface area contributed by atoms with Gasteiger partial charge in [-0.25, -0.2) is 8.42 Å². The average Bonchev–Trinajstić information content (AvgIpc) is 2.40. The quantitative estimate of drug-likeness (QED) is 0.814. The van der Waals surface area contributed by atoms with Crippen LogP contribution in [0.4, 0.5) is 0 Å². The Hall–Kier alpha value is -1.35. The van der Waals surface area contributed by atoms with Crippen molar-refractivity contribution < 1.29 is 13.5 Å². The lowest BCUT2D eigenvalue weighted by molar-refractivity contribution is 0.218. The molecule has 0 saturated carbocycles. The Morgan fingerprint density at radius 2 is 2.15 bits per heavy atom. The molecule has 0 aromatic heterocycles. The maximum absolute atomic E-state index is 11.6. The average molecular weight is 293 g/mol. The summed E-state index contributed by atoms with van der Waals surface area (Å²) < 4.78 is 23.2. The van der Waals surface area contributed by atoms with Gasteiger partial charge in [-0.3, -0.25) is 4.90 Å². The van der Waals surface area contributed by atoms with Gasteiger partial charge in [0.05, 0.1) is 11.5 Å².